The van der Waals surface area contributed by atoms with Crippen molar-refractivity contribution in [2.24, 2.45) is 11.8 Å². The van der Waals surface area contributed by atoms with Gasteiger partial charge in [-0.2, -0.15) is 0 Å². The monoisotopic (exact) mass is 364 g/mol. The van der Waals surface area contributed by atoms with E-state index in [1.165, 1.54) is 50.6 Å². The van der Waals surface area contributed by atoms with E-state index >= 15 is 0 Å². The Morgan fingerprint density at radius 3 is 2.52 bits per heavy atom. The number of hydrogen-bond acceptors (Lipinski definition) is 5. The minimum absolute atomic E-state index is 0.0356. The van der Waals surface area contributed by atoms with E-state index < -0.39 is 4.92 Å². The Bertz CT molecular complexity index is 646. The Kier molecular flexibility index (Phi) is 5.51. The summed E-state index contributed by atoms with van der Waals surface area (Å²) in [5, 5.41) is 11.1. The molecule has 0 spiro atoms. The van der Waals surface area contributed by atoms with E-state index in [1.807, 2.05) is 18.0 Å². The van der Waals surface area contributed by atoms with Gasteiger partial charge in [-0.05, 0) is 49.1 Å². The number of amides is 1. The molecule has 2 aliphatic carbocycles. The van der Waals surface area contributed by atoms with Crippen LogP contribution in [0, 0.1) is 22.0 Å². The molecule has 1 aromatic rings. The molecule has 1 aromatic carbocycles. The third kappa shape index (κ3) is 4.45. The normalized spacial score (nSPS) is 16.8. The zero-order valence-corrected chi connectivity index (χ0v) is 15.5. The van der Waals surface area contributed by atoms with Crippen LogP contribution in [0.5, 0.6) is 5.75 Å². The summed E-state index contributed by atoms with van der Waals surface area (Å²) in [6.45, 7) is 0. The van der Waals surface area contributed by atoms with Gasteiger partial charge in [-0.15, -0.1) is 11.8 Å². The summed E-state index contributed by atoms with van der Waals surface area (Å²) in [5.74, 6) is 2.81. The van der Waals surface area contributed by atoms with Crippen molar-refractivity contribution >= 4 is 23.4 Å². The van der Waals surface area contributed by atoms with Gasteiger partial charge in [-0.25, -0.2) is 0 Å². The molecule has 0 bridgehead atoms. The van der Waals surface area contributed by atoms with Crippen LogP contribution in [0.3, 0.4) is 0 Å². The largest absolute Gasteiger partial charge is 0.490 e. The Balaban J connectivity index is 1.52. The van der Waals surface area contributed by atoms with Gasteiger partial charge in [0.2, 0.25) is 5.91 Å². The third-order valence-electron chi connectivity index (χ3n) is 4.98. The number of carbonyl (C=O) groups is 1. The van der Waals surface area contributed by atoms with Gasteiger partial charge in [-0.1, -0.05) is 6.07 Å². The lowest BCUT2D eigenvalue weighted by Crippen LogP contribution is -2.41. The quantitative estimate of drug-likeness (QED) is 0.495. The molecule has 2 aliphatic rings. The predicted molar refractivity (Wildman–Crippen MR) is 97.8 cm³/mol. The second-order valence-corrected chi connectivity index (χ2v) is 7.91. The van der Waals surface area contributed by atoms with Crippen LogP contribution in [0.2, 0.25) is 0 Å². The number of methoxy groups -OCH3 is 1. The maximum atomic E-state index is 12.5. The van der Waals surface area contributed by atoms with Crippen molar-refractivity contribution in [3.05, 3.63) is 33.9 Å². The van der Waals surface area contributed by atoms with Gasteiger partial charge < -0.3 is 9.64 Å². The molecule has 0 radical (unpaired) electrons. The topological polar surface area (TPSA) is 72.7 Å². The van der Waals surface area contributed by atoms with Crippen LogP contribution in [0.25, 0.3) is 0 Å². The van der Waals surface area contributed by atoms with Gasteiger partial charge in [0.1, 0.15) is 0 Å². The smallest absolute Gasteiger partial charge is 0.311 e. The number of rotatable bonds is 9. The van der Waals surface area contributed by atoms with Crippen LogP contribution in [-0.2, 0) is 10.5 Å². The van der Waals surface area contributed by atoms with Crippen LogP contribution in [0.4, 0.5) is 5.69 Å². The summed E-state index contributed by atoms with van der Waals surface area (Å²) in [4.78, 5) is 25.1. The number of nitro groups is 1. The summed E-state index contributed by atoms with van der Waals surface area (Å²) in [5.41, 5.74) is 0.792. The first kappa shape index (κ1) is 18.0. The molecule has 25 heavy (non-hydrogen) atoms. The number of nitrogens with zero attached hydrogens (tertiary/aromatic N) is 2. The van der Waals surface area contributed by atoms with Crippen LogP contribution in [0.15, 0.2) is 18.2 Å². The van der Waals surface area contributed by atoms with Gasteiger partial charge in [0.25, 0.3) is 0 Å². The zero-order chi connectivity index (χ0) is 18.0. The van der Waals surface area contributed by atoms with Gasteiger partial charge in [0, 0.05) is 24.9 Å². The summed E-state index contributed by atoms with van der Waals surface area (Å²) in [6.07, 6.45) is 5.01. The molecule has 3 rings (SSSR count). The fraction of sp³-hybridized carbons (Fsp3) is 0.611. The molecule has 0 heterocycles. The second kappa shape index (κ2) is 7.64. The summed E-state index contributed by atoms with van der Waals surface area (Å²) < 4.78 is 5.01. The molecule has 0 aliphatic heterocycles. The first-order valence-electron chi connectivity index (χ1n) is 8.66. The van der Waals surface area contributed by atoms with Crippen molar-refractivity contribution in [1.29, 1.82) is 0 Å². The van der Waals surface area contributed by atoms with E-state index in [1.54, 1.807) is 6.07 Å². The SMILES string of the molecule is COc1ccc(CSCC(=O)N(C)C(C2CC2)C2CC2)cc1[N+](=O)[O-]. The fourth-order valence-electron chi connectivity index (χ4n) is 3.39. The molecule has 136 valence electrons. The van der Waals surface area contributed by atoms with Gasteiger partial charge >= 0.3 is 5.69 Å². The highest BCUT2D eigenvalue weighted by atomic mass is 32.2. The minimum atomic E-state index is -0.443. The number of hydrogen-bond donors (Lipinski definition) is 0. The maximum Gasteiger partial charge on any atom is 0.311 e. The van der Waals surface area contributed by atoms with Crippen molar-refractivity contribution in [3.63, 3.8) is 0 Å². The lowest BCUT2D eigenvalue weighted by atomic mass is 10.1. The summed E-state index contributed by atoms with van der Waals surface area (Å²) >= 11 is 1.50. The molecule has 0 unspecified atom stereocenters. The number of nitro benzene ring substituents is 1. The number of ether oxygens (including phenoxy) is 1. The average molecular weight is 364 g/mol. The molecule has 7 heteroatoms. The van der Waals surface area contributed by atoms with E-state index in [2.05, 4.69) is 0 Å². The maximum absolute atomic E-state index is 12.5. The summed E-state index contributed by atoms with van der Waals surface area (Å²) in [7, 11) is 3.35. The van der Waals surface area contributed by atoms with Gasteiger partial charge in [-0.3, -0.25) is 14.9 Å². The first-order valence-corrected chi connectivity index (χ1v) is 9.81. The highest BCUT2D eigenvalue weighted by Gasteiger charge is 2.44. The van der Waals surface area contributed by atoms with E-state index in [4.69, 9.17) is 4.74 Å². The molecule has 0 atom stereocenters. The zero-order valence-electron chi connectivity index (χ0n) is 14.6. The van der Waals surface area contributed by atoms with E-state index in [9.17, 15) is 14.9 Å². The van der Waals surface area contributed by atoms with Crippen LogP contribution in [0.1, 0.15) is 31.2 Å². The Morgan fingerprint density at radius 1 is 1.36 bits per heavy atom. The molecule has 0 saturated heterocycles. The van der Waals surface area contributed by atoms with Crippen molar-refractivity contribution in [2.75, 3.05) is 19.9 Å². The highest BCUT2D eigenvalue weighted by Crippen LogP contribution is 2.46. The van der Waals surface area contributed by atoms with Crippen LogP contribution >= 0.6 is 11.8 Å². The van der Waals surface area contributed by atoms with Gasteiger partial charge in [0.15, 0.2) is 5.75 Å². The Labute approximate surface area is 152 Å². The second-order valence-electron chi connectivity index (χ2n) is 6.93. The number of benzene rings is 1. The van der Waals surface area contributed by atoms with Crippen molar-refractivity contribution in [1.82, 2.24) is 4.90 Å². The molecule has 0 aromatic heterocycles. The van der Waals surface area contributed by atoms with Gasteiger partial charge in [0.05, 0.1) is 17.8 Å². The average Bonchev–Trinajstić information content (AvgIpc) is 3.49. The van der Waals surface area contributed by atoms with Crippen LogP contribution < -0.4 is 4.74 Å². The minimum Gasteiger partial charge on any atom is -0.490 e. The van der Waals surface area contributed by atoms with E-state index in [-0.39, 0.29) is 17.3 Å². The Morgan fingerprint density at radius 2 is 2.00 bits per heavy atom. The fourth-order valence-corrected chi connectivity index (χ4v) is 4.28. The van der Waals surface area contributed by atoms with Crippen molar-refractivity contribution < 1.29 is 14.5 Å². The molecular weight excluding hydrogens is 340 g/mol. The lowest BCUT2D eigenvalue weighted by molar-refractivity contribution is -0.385. The van der Waals surface area contributed by atoms with Crippen molar-refractivity contribution in [3.8, 4) is 5.75 Å². The lowest BCUT2D eigenvalue weighted by Gasteiger charge is -2.28. The Hall–Kier alpha value is -1.76. The highest BCUT2D eigenvalue weighted by molar-refractivity contribution is 7.99. The summed E-state index contributed by atoms with van der Waals surface area (Å²) in [6, 6.07) is 5.37. The molecule has 1 amide bonds. The van der Waals surface area contributed by atoms with Crippen LogP contribution in [-0.4, -0.2) is 41.7 Å². The molecule has 0 N–H and O–H groups in total. The predicted octanol–water partition coefficient (Wildman–Crippen LogP) is 3.48. The first-order chi connectivity index (χ1) is 12.0. The number of thioether (sulfide) groups is 1. The number of carbonyl (C=O) groups excluding carboxylic acids is 1. The molecule has 2 saturated carbocycles. The van der Waals surface area contributed by atoms with E-state index in [0.717, 1.165) is 5.56 Å². The molecule has 6 nitrogen and oxygen atoms in total. The van der Waals surface area contributed by atoms with Crippen molar-refractivity contribution in [2.45, 2.75) is 37.5 Å². The molecule has 2 fully saturated rings. The molecular formula is C18H24N2O4S. The third-order valence-corrected chi connectivity index (χ3v) is 5.97. The van der Waals surface area contributed by atoms with E-state index in [0.29, 0.717) is 29.4 Å². The standard InChI is InChI=1S/C18H24N2O4S/c1-19(18(13-4-5-13)14-6-7-14)17(21)11-25-10-12-3-8-16(24-2)15(9-12)20(22)23/h3,8-9,13-14,18H,4-7,10-11H2,1-2H3.